The minimum atomic E-state index is -0.237. The molecule has 24 heavy (non-hydrogen) atoms. The molecule has 0 saturated carbocycles. The van der Waals surface area contributed by atoms with E-state index in [1.54, 1.807) is 0 Å². The number of benzene rings is 3. The zero-order chi connectivity index (χ0) is 16.7. The summed E-state index contributed by atoms with van der Waals surface area (Å²) in [7, 11) is 0. The maximum Gasteiger partial charge on any atom is 0.259 e. The fourth-order valence-corrected chi connectivity index (χ4v) is 2.80. The van der Waals surface area contributed by atoms with Gasteiger partial charge >= 0.3 is 0 Å². The summed E-state index contributed by atoms with van der Waals surface area (Å²) < 4.78 is 1.35. The highest BCUT2D eigenvalue weighted by Crippen LogP contribution is 2.36. The maximum absolute atomic E-state index is 10.2. The zero-order valence-corrected chi connectivity index (χ0v) is 12.5. The van der Waals surface area contributed by atoms with Crippen LogP contribution in [0, 0.1) is 0 Å². The fraction of sp³-hybridized carbons (Fsp3) is 0. The summed E-state index contributed by atoms with van der Waals surface area (Å²) in [4.78, 5) is 0. The Kier molecular flexibility index (Phi) is 3.09. The molecule has 0 radical (unpaired) electrons. The quantitative estimate of drug-likeness (QED) is 0.528. The van der Waals surface area contributed by atoms with Crippen molar-refractivity contribution in [3.05, 3.63) is 60.7 Å². The fourth-order valence-electron chi connectivity index (χ4n) is 2.80. The molecule has 0 spiro atoms. The Bertz CT molecular complexity index is 1050. The van der Waals surface area contributed by atoms with Gasteiger partial charge < -0.3 is 15.3 Å². The van der Waals surface area contributed by atoms with Gasteiger partial charge in [0, 0.05) is 11.6 Å². The van der Waals surface area contributed by atoms with E-state index in [1.165, 1.54) is 22.9 Å². The lowest BCUT2D eigenvalue weighted by Crippen LogP contribution is -2.00. The van der Waals surface area contributed by atoms with Crippen LogP contribution in [0.4, 0.5) is 0 Å². The average molecular weight is 319 g/mol. The SMILES string of the molecule is Oc1ccc(-n2nnc(O)c2-c2cccc3ccccc23)c(O)c1. The van der Waals surface area contributed by atoms with Crippen molar-refractivity contribution < 1.29 is 15.3 Å². The summed E-state index contributed by atoms with van der Waals surface area (Å²) in [6, 6.07) is 17.6. The van der Waals surface area contributed by atoms with Crippen molar-refractivity contribution >= 4 is 10.8 Å². The van der Waals surface area contributed by atoms with E-state index in [1.807, 2.05) is 42.5 Å². The molecule has 1 aromatic heterocycles. The van der Waals surface area contributed by atoms with E-state index < -0.39 is 0 Å². The number of hydrogen-bond acceptors (Lipinski definition) is 5. The average Bonchev–Trinajstić information content (AvgIpc) is 2.95. The Morgan fingerprint density at radius 3 is 2.46 bits per heavy atom. The first-order valence-corrected chi connectivity index (χ1v) is 7.30. The van der Waals surface area contributed by atoms with Gasteiger partial charge in [0.25, 0.3) is 5.88 Å². The Balaban J connectivity index is 2.01. The second-order valence-corrected chi connectivity index (χ2v) is 5.37. The molecule has 0 saturated heterocycles. The van der Waals surface area contributed by atoms with E-state index in [0.717, 1.165) is 16.3 Å². The molecule has 118 valence electrons. The molecule has 0 atom stereocenters. The van der Waals surface area contributed by atoms with Crippen molar-refractivity contribution in [3.63, 3.8) is 0 Å². The molecule has 1 heterocycles. The molecule has 0 aliphatic heterocycles. The number of fused-ring (bicyclic) bond motifs is 1. The van der Waals surface area contributed by atoms with Crippen molar-refractivity contribution in [2.75, 3.05) is 0 Å². The highest BCUT2D eigenvalue weighted by Gasteiger charge is 2.19. The van der Waals surface area contributed by atoms with Crippen LogP contribution in [-0.2, 0) is 0 Å². The van der Waals surface area contributed by atoms with Crippen LogP contribution in [0.25, 0.3) is 27.7 Å². The lowest BCUT2D eigenvalue weighted by atomic mass is 10.0. The Morgan fingerprint density at radius 1 is 0.833 bits per heavy atom. The summed E-state index contributed by atoms with van der Waals surface area (Å²) in [5, 5.41) is 39.4. The number of phenols is 2. The summed E-state index contributed by atoms with van der Waals surface area (Å²) in [5.74, 6) is -0.465. The number of phenolic OH excluding ortho intramolecular Hbond substituents is 2. The smallest absolute Gasteiger partial charge is 0.259 e. The Labute approximate surface area is 136 Å². The molecule has 0 fully saturated rings. The normalized spacial score (nSPS) is 11.0. The third-order valence-corrected chi connectivity index (χ3v) is 3.88. The first-order valence-electron chi connectivity index (χ1n) is 7.30. The lowest BCUT2D eigenvalue weighted by molar-refractivity contribution is 0.447. The highest BCUT2D eigenvalue weighted by molar-refractivity contribution is 5.97. The minimum absolute atomic E-state index is 0.0627. The summed E-state index contributed by atoms with van der Waals surface area (Å²) >= 11 is 0. The van der Waals surface area contributed by atoms with Crippen LogP contribution < -0.4 is 0 Å². The van der Waals surface area contributed by atoms with Gasteiger partial charge in [-0.05, 0) is 22.9 Å². The van der Waals surface area contributed by atoms with Crippen LogP contribution in [0.15, 0.2) is 60.7 Å². The third-order valence-electron chi connectivity index (χ3n) is 3.88. The van der Waals surface area contributed by atoms with Gasteiger partial charge in [-0.2, -0.15) is 0 Å². The molecular weight excluding hydrogens is 306 g/mol. The third kappa shape index (κ3) is 2.13. The van der Waals surface area contributed by atoms with Gasteiger partial charge in [-0.25, -0.2) is 4.68 Å². The molecule has 0 aliphatic rings. The molecule has 6 nitrogen and oxygen atoms in total. The van der Waals surface area contributed by atoms with Gasteiger partial charge in [0.1, 0.15) is 22.9 Å². The van der Waals surface area contributed by atoms with E-state index in [2.05, 4.69) is 10.3 Å². The van der Waals surface area contributed by atoms with Gasteiger partial charge in [0.2, 0.25) is 0 Å². The zero-order valence-electron chi connectivity index (χ0n) is 12.5. The predicted molar refractivity (Wildman–Crippen MR) is 89.3 cm³/mol. The molecule has 3 aromatic carbocycles. The van der Waals surface area contributed by atoms with Gasteiger partial charge in [0.05, 0.1) is 0 Å². The standard InChI is InChI=1S/C18H13N3O3/c22-12-8-9-15(16(23)10-12)21-17(18(24)19-20-21)14-7-3-5-11-4-1-2-6-13(11)14/h1-10,22-24H. The number of rotatable bonds is 2. The van der Waals surface area contributed by atoms with Gasteiger partial charge in [-0.3, -0.25) is 0 Å². The van der Waals surface area contributed by atoms with Crippen LogP contribution in [-0.4, -0.2) is 30.3 Å². The molecular formula is C18H13N3O3. The lowest BCUT2D eigenvalue weighted by Gasteiger charge is -2.10. The Hall–Kier alpha value is -3.54. The topological polar surface area (TPSA) is 91.4 Å². The van der Waals surface area contributed by atoms with Crippen molar-refractivity contribution in [2.24, 2.45) is 0 Å². The Morgan fingerprint density at radius 2 is 1.62 bits per heavy atom. The second kappa shape index (κ2) is 5.27. The van der Waals surface area contributed by atoms with Gasteiger partial charge in [0.15, 0.2) is 0 Å². The number of nitrogens with zero attached hydrogens (tertiary/aromatic N) is 3. The molecule has 3 N–H and O–H groups in total. The molecule has 0 amide bonds. The molecule has 6 heteroatoms. The van der Waals surface area contributed by atoms with Crippen LogP contribution >= 0.6 is 0 Å². The molecule has 0 aliphatic carbocycles. The van der Waals surface area contributed by atoms with Crippen molar-refractivity contribution in [2.45, 2.75) is 0 Å². The van der Waals surface area contributed by atoms with E-state index in [-0.39, 0.29) is 17.4 Å². The van der Waals surface area contributed by atoms with Crippen molar-refractivity contribution in [3.8, 4) is 34.3 Å². The first kappa shape index (κ1) is 14.1. The van der Waals surface area contributed by atoms with Crippen LogP contribution in [0.3, 0.4) is 0 Å². The molecule has 4 aromatic rings. The highest BCUT2D eigenvalue weighted by atomic mass is 16.3. The van der Waals surface area contributed by atoms with Crippen molar-refractivity contribution in [1.82, 2.24) is 15.0 Å². The molecule has 4 rings (SSSR count). The number of aromatic nitrogens is 3. The van der Waals surface area contributed by atoms with Gasteiger partial charge in [-0.1, -0.05) is 52.8 Å². The van der Waals surface area contributed by atoms with E-state index in [0.29, 0.717) is 11.4 Å². The summed E-state index contributed by atoms with van der Waals surface area (Å²) in [6.45, 7) is 0. The van der Waals surface area contributed by atoms with Crippen molar-refractivity contribution in [1.29, 1.82) is 0 Å². The summed E-state index contributed by atoms with van der Waals surface area (Å²) in [6.07, 6.45) is 0. The van der Waals surface area contributed by atoms with E-state index >= 15 is 0 Å². The predicted octanol–water partition coefficient (Wildman–Crippen LogP) is 3.20. The largest absolute Gasteiger partial charge is 0.508 e. The van der Waals surface area contributed by atoms with Gasteiger partial charge in [-0.15, -0.1) is 0 Å². The minimum Gasteiger partial charge on any atom is -0.508 e. The van der Waals surface area contributed by atoms with Crippen LogP contribution in [0.5, 0.6) is 17.4 Å². The first-order chi connectivity index (χ1) is 11.6. The second-order valence-electron chi connectivity index (χ2n) is 5.37. The number of aromatic hydroxyl groups is 3. The van der Waals surface area contributed by atoms with Crippen LogP contribution in [0.2, 0.25) is 0 Å². The monoisotopic (exact) mass is 319 g/mol. The summed E-state index contributed by atoms with van der Waals surface area (Å²) in [5.41, 5.74) is 1.42. The van der Waals surface area contributed by atoms with Crippen LogP contribution in [0.1, 0.15) is 0 Å². The molecule has 0 bridgehead atoms. The van der Waals surface area contributed by atoms with E-state index in [4.69, 9.17) is 0 Å². The van der Waals surface area contributed by atoms with E-state index in [9.17, 15) is 15.3 Å². The maximum atomic E-state index is 10.2. The number of hydrogen-bond donors (Lipinski definition) is 3. The molecule has 0 unspecified atom stereocenters.